The zero-order valence-corrected chi connectivity index (χ0v) is 18.5. The van der Waals surface area contributed by atoms with E-state index >= 15 is 0 Å². The van der Waals surface area contributed by atoms with Crippen LogP contribution in [-0.4, -0.2) is 54.5 Å². The number of carbonyl (C=O) groups excluding carboxylic acids is 3. The summed E-state index contributed by atoms with van der Waals surface area (Å²) in [7, 11) is 1.72. The number of amides is 3. The lowest BCUT2D eigenvalue weighted by Gasteiger charge is -2.42. The highest BCUT2D eigenvalue weighted by atomic mass is 19.1. The van der Waals surface area contributed by atoms with E-state index in [1.807, 2.05) is 0 Å². The number of halogens is 1. The fraction of sp³-hybridized carbons (Fsp3) is 0.375. The zero-order chi connectivity index (χ0) is 23.5. The largest absolute Gasteiger partial charge is 0.490 e. The average molecular weight is 455 g/mol. The van der Waals surface area contributed by atoms with Gasteiger partial charge in [-0.1, -0.05) is 6.07 Å². The van der Waals surface area contributed by atoms with Crippen LogP contribution in [0.15, 0.2) is 42.5 Å². The first-order chi connectivity index (χ1) is 15.8. The molecular weight excluding hydrogens is 429 g/mol. The molecule has 0 bridgehead atoms. The molecular formula is C24H26FN3O5. The van der Waals surface area contributed by atoms with E-state index in [0.29, 0.717) is 35.5 Å². The Bertz CT molecular complexity index is 1080. The number of carbonyl (C=O) groups is 3. The van der Waals surface area contributed by atoms with Crippen molar-refractivity contribution in [2.75, 3.05) is 24.3 Å². The van der Waals surface area contributed by atoms with Crippen LogP contribution in [-0.2, 0) is 14.3 Å². The van der Waals surface area contributed by atoms with Crippen LogP contribution in [0.4, 0.5) is 15.8 Å². The SMILES string of the molecule is CC(=O)Nc1ccc2c(c1)C(=O)N(C)[C@H]1CC[C@H](CC(=O)Nc3cccc(F)c3)O[C@@H]1CO2. The Balaban J connectivity index is 1.43. The van der Waals surface area contributed by atoms with Gasteiger partial charge in [-0.25, -0.2) is 4.39 Å². The number of hydrogen-bond acceptors (Lipinski definition) is 5. The summed E-state index contributed by atoms with van der Waals surface area (Å²) in [6.45, 7) is 1.62. The Kier molecular flexibility index (Phi) is 6.60. The van der Waals surface area contributed by atoms with Gasteiger partial charge in [-0.3, -0.25) is 14.4 Å². The summed E-state index contributed by atoms with van der Waals surface area (Å²) >= 11 is 0. The third kappa shape index (κ3) is 5.31. The zero-order valence-electron chi connectivity index (χ0n) is 18.5. The van der Waals surface area contributed by atoms with Crippen LogP contribution in [0.25, 0.3) is 0 Å². The molecule has 2 aromatic carbocycles. The van der Waals surface area contributed by atoms with Crippen LogP contribution in [0.5, 0.6) is 5.75 Å². The number of hydrogen-bond donors (Lipinski definition) is 2. The van der Waals surface area contributed by atoms with Gasteiger partial charge in [0.15, 0.2) is 0 Å². The lowest BCUT2D eigenvalue weighted by atomic mass is 9.94. The predicted octanol–water partition coefficient (Wildman–Crippen LogP) is 3.19. The van der Waals surface area contributed by atoms with Gasteiger partial charge in [0, 0.05) is 25.3 Å². The number of anilines is 2. The van der Waals surface area contributed by atoms with Gasteiger partial charge in [-0.05, 0) is 49.2 Å². The Morgan fingerprint density at radius 2 is 1.91 bits per heavy atom. The monoisotopic (exact) mass is 455 g/mol. The van der Waals surface area contributed by atoms with Crippen molar-refractivity contribution in [3.05, 3.63) is 53.8 Å². The summed E-state index contributed by atoms with van der Waals surface area (Å²) in [5.41, 5.74) is 1.29. The Morgan fingerprint density at radius 3 is 2.67 bits per heavy atom. The lowest BCUT2D eigenvalue weighted by Crippen LogP contribution is -2.53. The average Bonchev–Trinajstić information content (AvgIpc) is 2.76. The minimum Gasteiger partial charge on any atom is -0.490 e. The maximum absolute atomic E-state index is 13.3. The minimum atomic E-state index is -0.423. The number of likely N-dealkylation sites (N-methyl/N-ethyl adjacent to an activating group) is 1. The van der Waals surface area contributed by atoms with Crippen molar-refractivity contribution in [2.24, 2.45) is 0 Å². The van der Waals surface area contributed by atoms with E-state index in [1.165, 1.54) is 25.1 Å². The molecule has 0 aliphatic carbocycles. The number of nitrogens with zero attached hydrogens (tertiary/aromatic N) is 1. The van der Waals surface area contributed by atoms with Crippen molar-refractivity contribution in [3.8, 4) is 5.75 Å². The molecule has 0 aromatic heterocycles. The van der Waals surface area contributed by atoms with Crippen molar-refractivity contribution in [1.82, 2.24) is 4.90 Å². The van der Waals surface area contributed by atoms with Gasteiger partial charge in [0.1, 0.15) is 24.3 Å². The van der Waals surface area contributed by atoms with Crippen LogP contribution in [0, 0.1) is 5.82 Å². The first kappa shape index (κ1) is 22.7. The molecule has 1 saturated heterocycles. The smallest absolute Gasteiger partial charge is 0.257 e. The first-order valence-electron chi connectivity index (χ1n) is 10.8. The standard InChI is InChI=1S/C24H26FN3O5/c1-14(29)26-17-6-9-21-19(11-17)24(31)28(2)20-8-7-18(33-22(20)13-32-21)12-23(30)27-16-5-3-4-15(25)10-16/h3-6,9-11,18,20,22H,7-8,12-13H2,1-2H3,(H,26,29)(H,27,30)/t18-,20+,22-/m1/s1. The van der Waals surface area contributed by atoms with Crippen molar-refractivity contribution in [2.45, 2.75) is 44.4 Å². The van der Waals surface area contributed by atoms with Crippen LogP contribution in [0.3, 0.4) is 0 Å². The van der Waals surface area contributed by atoms with Gasteiger partial charge in [-0.15, -0.1) is 0 Å². The quantitative estimate of drug-likeness (QED) is 0.738. The molecule has 2 heterocycles. The van der Waals surface area contributed by atoms with E-state index in [2.05, 4.69) is 10.6 Å². The predicted molar refractivity (Wildman–Crippen MR) is 120 cm³/mol. The number of nitrogens with one attached hydrogen (secondary N) is 2. The molecule has 0 spiro atoms. The number of rotatable bonds is 4. The second-order valence-corrected chi connectivity index (χ2v) is 8.32. The second kappa shape index (κ2) is 9.58. The maximum Gasteiger partial charge on any atom is 0.257 e. The highest BCUT2D eigenvalue weighted by Crippen LogP contribution is 2.32. The molecule has 8 nitrogen and oxygen atoms in total. The highest BCUT2D eigenvalue weighted by Gasteiger charge is 2.39. The molecule has 0 radical (unpaired) electrons. The topological polar surface area (TPSA) is 97.0 Å². The van der Waals surface area contributed by atoms with Gasteiger partial charge in [0.25, 0.3) is 5.91 Å². The minimum absolute atomic E-state index is 0.119. The van der Waals surface area contributed by atoms with Gasteiger partial charge < -0.3 is 25.0 Å². The van der Waals surface area contributed by atoms with Gasteiger partial charge in [0.05, 0.1) is 24.1 Å². The third-order valence-corrected chi connectivity index (χ3v) is 5.85. The maximum atomic E-state index is 13.3. The van der Waals surface area contributed by atoms with E-state index in [9.17, 15) is 18.8 Å². The fourth-order valence-corrected chi connectivity index (χ4v) is 4.29. The van der Waals surface area contributed by atoms with E-state index < -0.39 is 11.9 Å². The molecule has 0 unspecified atom stereocenters. The fourth-order valence-electron chi connectivity index (χ4n) is 4.29. The molecule has 1 fully saturated rings. The van der Waals surface area contributed by atoms with Crippen molar-refractivity contribution in [1.29, 1.82) is 0 Å². The molecule has 9 heteroatoms. The second-order valence-electron chi connectivity index (χ2n) is 8.32. The van der Waals surface area contributed by atoms with Crippen LogP contribution in [0.1, 0.15) is 36.5 Å². The summed E-state index contributed by atoms with van der Waals surface area (Å²) in [4.78, 5) is 38.6. The van der Waals surface area contributed by atoms with Crippen LogP contribution < -0.4 is 15.4 Å². The summed E-state index contributed by atoms with van der Waals surface area (Å²) in [6.07, 6.45) is 0.618. The molecule has 0 saturated carbocycles. The molecule has 3 amide bonds. The highest BCUT2D eigenvalue weighted by molar-refractivity contribution is 5.99. The number of benzene rings is 2. The molecule has 2 aliphatic rings. The first-order valence-corrected chi connectivity index (χ1v) is 10.8. The van der Waals surface area contributed by atoms with Gasteiger partial charge in [0.2, 0.25) is 11.8 Å². The summed E-state index contributed by atoms with van der Waals surface area (Å²) in [5.74, 6) is -0.730. The molecule has 2 aliphatic heterocycles. The van der Waals surface area contributed by atoms with E-state index in [-0.39, 0.29) is 42.9 Å². The summed E-state index contributed by atoms with van der Waals surface area (Å²) < 4.78 is 25.4. The summed E-state index contributed by atoms with van der Waals surface area (Å²) in [5, 5.41) is 5.37. The Morgan fingerprint density at radius 1 is 1.12 bits per heavy atom. The van der Waals surface area contributed by atoms with Crippen LogP contribution >= 0.6 is 0 Å². The molecule has 2 aromatic rings. The molecule has 174 valence electrons. The van der Waals surface area contributed by atoms with Gasteiger partial charge >= 0.3 is 0 Å². The summed E-state index contributed by atoms with van der Waals surface area (Å²) in [6, 6.07) is 10.4. The molecule has 2 N–H and O–H groups in total. The number of fused-ring (bicyclic) bond motifs is 2. The van der Waals surface area contributed by atoms with Crippen LogP contribution in [0.2, 0.25) is 0 Å². The number of ether oxygens (including phenoxy) is 2. The molecule has 33 heavy (non-hydrogen) atoms. The van der Waals surface area contributed by atoms with E-state index in [4.69, 9.17) is 9.47 Å². The third-order valence-electron chi connectivity index (χ3n) is 5.85. The van der Waals surface area contributed by atoms with E-state index in [0.717, 1.165) is 0 Å². The van der Waals surface area contributed by atoms with Crippen molar-refractivity contribution >= 4 is 29.1 Å². The Labute approximate surface area is 191 Å². The Hall–Kier alpha value is -3.46. The van der Waals surface area contributed by atoms with Crippen molar-refractivity contribution in [3.63, 3.8) is 0 Å². The van der Waals surface area contributed by atoms with Gasteiger partial charge in [-0.2, -0.15) is 0 Å². The molecule has 3 atom stereocenters. The van der Waals surface area contributed by atoms with Crippen molar-refractivity contribution < 1.29 is 28.2 Å². The molecule has 4 rings (SSSR count). The normalized spacial score (nSPS) is 22.2. The van der Waals surface area contributed by atoms with E-state index in [1.54, 1.807) is 36.2 Å². The lowest BCUT2D eigenvalue weighted by molar-refractivity contribution is -0.130.